The van der Waals surface area contributed by atoms with Crippen LogP contribution in [0.4, 0.5) is 0 Å². The molecule has 1 fully saturated rings. The molecule has 106 valence electrons. The number of phenolic OH excluding ortho intramolecular Hbond substituents is 1. The molecule has 5 atom stereocenters. The number of aliphatic hydroxyl groups excluding tert-OH is 4. The first-order valence-corrected chi connectivity index (χ1v) is 6.05. The SMILES string of the molecule is Cc1ccc(O)cc1[C@H]1O[C@H](CO)[C@@H](O)[C@H](O)[C@@H]1O. The Hall–Kier alpha value is -1.18. The molecule has 2 rings (SSSR count). The van der Waals surface area contributed by atoms with Gasteiger partial charge < -0.3 is 30.3 Å². The predicted molar refractivity (Wildman–Crippen MR) is 65.6 cm³/mol. The Bertz CT molecular complexity index is 447. The van der Waals surface area contributed by atoms with Gasteiger partial charge in [0.15, 0.2) is 0 Å². The lowest BCUT2D eigenvalue weighted by Crippen LogP contribution is -2.55. The zero-order valence-electron chi connectivity index (χ0n) is 10.5. The van der Waals surface area contributed by atoms with Crippen LogP contribution in [0.5, 0.6) is 5.75 Å². The van der Waals surface area contributed by atoms with Crippen LogP contribution in [-0.2, 0) is 4.74 Å². The molecule has 1 aliphatic heterocycles. The van der Waals surface area contributed by atoms with E-state index in [1.54, 1.807) is 13.0 Å². The van der Waals surface area contributed by atoms with Gasteiger partial charge in [-0.25, -0.2) is 0 Å². The summed E-state index contributed by atoms with van der Waals surface area (Å²) in [6.45, 7) is 1.30. The number of aryl methyl sites for hydroxylation is 1. The summed E-state index contributed by atoms with van der Waals surface area (Å²) in [6.07, 6.45) is -6.00. The lowest BCUT2D eigenvalue weighted by atomic mass is 9.89. The van der Waals surface area contributed by atoms with Crippen LogP contribution >= 0.6 is 0 Å². The first-order valence-electron chi connectivity index (χ1n) is 6.05. The minimum atomic E-state index is -1.42. The highest BCUT2D eigenvalue weighted by Gasteiger charge is 2.44. The van der Waals surface area contributed by atoms with Gasteiger partial charge in [-0.1, -0.05) is 6.07 Å². The Morgan fingerprint density at radius 1 is 1.11 bits per heavy atom. The van der Waals surface area contributed by atoms with Crippen molar-refractivity contribution in [3.8, 4) is 5.75 Å². The monoisotopic (exact) mass is 270 g/mol. The molecule has 5 N–H and O–H groups in total. The number of benzene rings is 1. The topological polar surface area (TPSA) is 110 Å². The van der Waals surface area contributed by atoms with Gasteiger partial charge in [0, 0.05) is 0 Å². The predicted octanol–water partition coefficient (Wildman–Crippen LogP) is -0.784. The summed E-state index contributed by atoms with van der Waals surface area (Å²) >= 11 is 0. The van der Waals surface area contributed by atoms with E-state index in [4.69, 9.17) is 9.84 Å². The second-order valence-electron chi connectivity index (χ2n) is 4.79. The molecule has 6 nitrogen and oxygen atoms in total. The molecule has 0 saturated carbocycles. The van der Waals surface area contributed by atoms with E-state index in [-0.39, 0.29) is 5.75 Å². The molecule has 0 amide bonds. The Kier molecular flexibility index (Phi) is 4.07. The molecule has 0 radical (unpaired) electrons. The zero-order valence-corrected chi connectivity index (χ0v) is 10.5. The molecule has 0 aliphatic carbocycles. The van der Waals surface area contributed by atoms with E-state index in [0.29, 0.717) is 5.56 Å². The Morgan fingerprint density at radius 3 is 2.42 bits per heavy atom. The van der Waals surface area contributed by atoms with Crippen molar-refractivity contribution in [2.24, 2.45) is 0 Å². The number of hydrogen-bond acceptors (Lipinski definition) is 6. The molecule has 0 unspecified atom stereocenters. The van der Waals surface area contributed by atoms with Crippen LogP contribution in [0, 0.1) is 6.92 Å². The summed E-state index contributed by atoms with van der Waals surface area (Å²) in [5.41, 5.74) is 1.28. The van der Waals surface area contributed by atoms with Crippen LogP contribution in [0.2, 0.25) is 0 Å². The van der Waals surface area contributed by atoms with Crippen LogP contribution in [0.3, 0.4) is 0 Å². The van der Waals surface area contributed by atoms with E-state index < -0.39 is 37.1 Å². The van der Waals surface area contributed by atoms with Gasteiger partial charge in [-0.15, -0.1) is 0 Å². The summed E-state index contributed by atoms with van der Waals surface area (Å²) in [7, 11) is 0. The Balaban J connectivity index is 2.35. The maximum atomic E-state index is 9.99. The second kappa shape index (κ2) is 5.44. The molecule has 0 aromatic heterocycles. The zero-order chi connectivity index (χ0) is 14.2. The van der Waals surface area contributed by atoms with Crippen molar-refractivity contribution in [1.29, 1.82) is 0 Å². The fourth-order valence-electron chi connectivity index (χ4n) is 2.29. The highest BCUT2D eigenvalue weighted by Crippen LogP contribution is 2.35. The van der Waals surface area contributed by atoms with Gasteiger partial charge in [-0.05, 0) is 30.2 Å². The van der Waals surface area contributed by atoms with Gasteiger partial charge in [0.25, 0.3) is 0 Å². The number of hydrogen-bond donors (Lipinski definition) is 5. The third kappa shape index (κ3) is 2.58. The van der Waals surface area contributed by atoms with Crippen molar-refractivity contribution < 1.29 is 30.3 Å². The minimum absolute atomic E-state index is 0.0116. The molecule has 1 aromatic rings. The molecule has 1 aliphatic rings. The lowest BCUT2D eigenvalue weighted by molar-refractivity contribution is -0.231. The van der Waals surface area contributed by atoms with Crippen molar-refractivity contribution in [2.45, 2.75) is 37.4 Å². The van der Waals surface area contributed by atoms with E-state index in [1.165, 1.54) is 12.1 Å². The van der Waals surface area contributed by atoms with Gasteiger partial charge in [0.1, 0.15) is 36.3 Å². The van der Waals surface area contributed by atoms with Crippen LogP contribution in [-0.4, -0.2) is 56.6 Å². The number of ether oxygens (including phenoxy) is 1. The van der Waals surface area contributed by atoms with Crippen molar-refractivity contribution in [3.05, 3.63) is 29.3 Å². The van der Waals surface area contributed by atoms with Crippen LogP contribution in [0.25, 0.3) is 0 Å². The highest BCUT2D eigenvalue weighted by atomic mass is 16.5. The highest BCUT2D eigenvalue weighted by molar-refractivity contribution is 5.36. The molecule has 0 bridgehead atoms. The number of aliphatic hydroxyl groups is 4. The molecule has 19 heavy (non-hydrogen) atoms. The normalized spacial score (nSPS) is 35.3. The number of aromatic hydroxyl groups is 1. The van der Waals surface area contributed by atoms with Gasteiger partial charge >= 0.3 is 0 Å². The van der Waals surface area contributed by atoms with Gasteiger partial charge in [-0.3, -0.25) is 0 Å². The van der Waals surface area contributed by atoms with Crippen LogP contribution < -0.4 is 0 Å². The van der Waals surface area contributed by atoms with Gasteiger partial charge in [-0.2, -0.15) is 0 Å². The van der Waals surface area contributed by atoms with E-state index in [2.05, 4.69) is 0 Å². The first kappa shape index (κ1) is 14.2. The van der Waals surface area contributed by atoms with Crippen LogP contribution in [0.1, 0.15) is 17.2 Å². The minimum Gasteiger partial charge on any atom is -0.508 e. The molecule has 6 heteroatoms. The van der Waals surface area contributed by atoms with Gasteiger partial charge in [0.05, 0.1) is 6.61 Å². The number of phenols is 1. The van der Waals surface area contributed by atoms with E-state index in [9.17, 15) is 20.4 Å². The summed E-state index contributed by atoms with van der Waals surface area (Å²) in [5, 5.41) is 48.1. The quantitative estimate of drug-likeness (QED) is 0.482. The summed E-state index contributed by atoms with van der Waals surface area (Å²) < 4.78 is 5.43. The summed E-state index contributed by atoms with van der Waals surface area (Å²) in [6, 6.07) is 4.59. The van der Waals surface area contributed by atoms with Crippen molar-refractivity contribution in [1.82, 2.24) is 0 Å². The third-order valence-electron chi connectivity index (χ3n) is 3.46. The maximum Gasteiger partial charge on any atom is 0.115 e. The largest absolute Gasteiger partial charge is 0.508 e. The van der Waals surface area contributed by atoms with Gasteiger partial charge in [0.2, 0.25) is 0 Å². The Morgan fingerprint density at radius 2 is 1.79 bits per heavy atom. The molecule has 0 spiro atoms. The smallest absolute Gasteiger partial charge is 0.115 e. The second-order valence-corrected chi connectivity index (χ2v) is 4.79. The molecule has 1 saturated heterocycles. The maximum absolute atomic E-state index is 9.99. The molecular weight excluding hydrogens is 252 g/mol. The summed E-state index contributed by atoms with van der Waals surface area (Å²) in [5.74, 6) is 0.0116. The number of rotatable bonds is 2. The fraction of sp³-hybridized carbons (Fsp3) is 0.538. The van der Waals surface area contributed by atoms with Crippen LogP contribution in [0.15, 0.2) is 18.2 Å². The molecule has 1 heterocycles. The van der Waals surface area contributed by atoms with Crippen molar-refractivity contribution >= 4 is 0 Å². The average Bonchev–Trinajstić information content (AvgIpc) is 2.40. The molecule has 1 aromatic carbocycles. The first-order chi connectivity index (χ1) is 8.95. The van der Waals surface area contributed by atoms with E-state index >= 15 is 0 Å². The fourth-order valence-corrected chi connectivity index (χ4v) is 2.29. The summed E-state index contributed by atoms with van der Waals surface area (Å²) in [4.78, 5) is 0. The van der Waals surface area contributed by atoms with E-state index in [1.807, 2.05) is 0 Å². The lowest BCUT2D eigenvalue weighted by Gasteiger charge is -2.40. The third-order valence-corrected chi connectivity index (χ3v) is 3.46. The van der Waals surface area contributed by atoms with E-state index in [0.717, 1.165) is 5.56 Å². The Labute approximate surface area is 110 Å². The standard InChI is InChI=1S/C13H18O6/c1-6-2-3-7(15)4-8(6)13-12(18)11(17)10(16)9(5-14)19-13/h2-4,9-18H,5H2,1H3/t9-,10-,11+,12+,13-/m1/s1. The average molecular weight is 270 g/mol. The molecular formula is C13H18O6. The van der Waals surface area contributed by atoms with Crippen molar-refractivity contribution in [3.63, 3.8) is 0 Å². The van der Waals surface area contributed by atoms with Crippen molar-refractivity contribution in [2.75, 3.05) is 6.61 Å².